The maximum absolute atomic E-state index is 14.2. The lowest BCUT2D eigenvalue weighted by Crippen LogP contribution is -2.55. The first-order chi connectivity index (χ1) is 23.5. The van der Waals surface area contributed by atoms with Gasteiger partial charge in [0.25, 0.3) is 5.91 Å². The lowest BCUT2D eigenvalue weighted by Gasteiger charge is -2.28. The summed E-state index contributed by atoms with van der Waals surface area (Å²) in [5, 5.41) is 22.4. The molecule has 0 heterocycles. The Bertz CT molecular complexity index is 1670. The standard InChI is InChI=1S/C40H51N3O5S/c1-6-27(4)25-41-37(45)24-36(44)35(21-26(2)3)42-39(47)40(49(5)48)43-38(46)32(22-30-17-11-15-28-13-7-9-19-33(28)30)23-31-18-12-16-29-14-8-10-20-34(29)31/h7-20,26-27,32,35-36,40,44H,6,21-25H2,1-5H3,(H,41,45)(H,42,47)(H,43,46)/t27-,35-,36+,40?,49?/m0/s1. The molecule has 9 heteroatoms. The van der Waals surface area contributed by atoms with Crippen LogP contribution in [0.4, 0.5) is 0 Å². The Labute approximate surface area is 292 Å². The van der Waals surface area contributed by atoms with E-state index in [-0.39, 0.29) is 24.2 Å². The van der Waals surface area contributed by atoms with Crippen molar-refractivity contribution in [3.8, 4) is 0 Å². The summed E-state index contributed by atoms with van der Waals surface area (Å²) in [6.45, 7) is 8.49. The van der Waals surface area contributed by atoms with Crippen molar-refractivity contribution < 1.29 is 23.7 Å². The highest BCUT2D eigenvalue weighted by Gasteiger charge is 2.32. The fourth-order valence-corrected chi connectivity index (χ4v) is 6.84. The summed E-state index contributed by atoms with van der Waals surface area (Å²) in [5.74, 6) is -1.53. The number of hydrogen-bond acceptors (Lipinski definition) is 5. The third-order valence-electron chi connectivity index (χ3n) is 9.16. The van der Waals surface area contributed by atoms with E-state index in [2.05, 4.69) is 16.0 Å². The highest BCUT2D eigenvalue weighted by Crippen LogP contribution is 2.26. The third kappa shape index (κ3) is 10.7. The Morgan fingerprint density at radius 1 is 0.755 bits per heavy atom. The Morgan fingerprint density at radius 3 is 1.80 bits per heavy atom. The average Bonchev–Trinajstić information content (AvgIpc) is 3.08. The molecule has 49 heavy (non-hydrogen) atoms. The van der Waals surface area contributed by atoms with Crippen LogP contribution in [-0.4, -0.2) is 57.4 Å². The maximum Gasteiger partial charge on any atom is 0.256 e. The van der Waals surface area contributed by atoms with Crippen molar-refractivity contribution in [2.75, 3.05) is 12.8 Å². The first-order valence-electron chi connectivity index (χ1n) is 17.3. The van der Waals surface area contributed by atoms with Gasteiger partial charge >= 0.3 is 0 Å². The van der Waals surface area contributed by atoms with E-state index in [9.17, 15) is 23.7 Å². The molecule has 0 aliphatic carbocycles. The summed E-state index contributed by atoms with van der Waals surface area (Å²) in [6.07, 6.45) is 2.16. The zero-order chi connectivity index (χ0) is 35.5. The van der Waals surface area contributed by atoms with Crippen molar-refractivity contribution in [2.24, 2.45) is 17.8 Å². The summed E-state index contributed by atoms with van der Waals surface area (Å²) in [7, 11) is -1.78. The van der Waals surface area contributed by atoms with Gasteiger partial charge in [-0.05, 0) is 63.8 Å². The molecule has 0 saturated carbocycles. The molecule has 2 unspecified atom stereocenters. The molecule has 0 saturated heterocycles. The minimum Gasteiger partial charge on any atom is -0.390 e. The molecule has 8 nitrogen and oxygen atoms in total. The van der Waals surface area contributed by atoms with Crippen molar-refractivity contribution in [1.29, 1.82) is 0 Å². The van der Waals surface area contributed by atoms with Gasteiger partial charge in [0, 0.05) is 18.7 Å². The quantitative estimate of drug-likeness (QED) is 0.114. The molecule has 0 aliphatic heterocycles. The Morgan fingerprint density at radius 2 is 1.29 bits per heavy atom. The van der Waals surface area contributed by atoms with E-state index in [4.69, 9.17) is 0 Å². The normalized spacial score (nSPS) is 14.7. The van der Waals surface area contributed by atoms with Crippen molar-refractivity contribution in [2.45, 2.75) is 77.3 Å². The van der Waals surface area contributed by atoms with Crippen LogP contribution in [0, 0.1) is 17.8 Å². The predicted octanol–water partition coefficient (Wildman–Crippen LogP) is 5.66. The molecule has 4 aromatic rings. The van der Waals surface area contributed by atoms with Crippen LogP contribution >= 0.6 is 0 Å². The van der Waals surface area contributed by atoms with Crippen molar-refractivity contribution in [3.05, 3.63) is 96.1 Å². The van der Waals surface area contributed by atoms with Crippen molar-refractivity contribution in [3.63, 3.8) is 0 Å². The number of fused-ring (bicyclic) bond motifs is 2. The predicted molar refractivity (Wildman–Crippen MR) is 199 cm³/mol. The van der Waals surface area contributed by atoms with E-state index in [0.29, 0.717) is 31.7 Å². The van der Waals surface area contributed by atoms with E-state index < -0.39 is 40.1 Å². The zero-order valence-corrected chi connectivity index (χ0v) is 30.1. The van der Waals surface area contributed by atoms with Crippen LogP contribution in [0.25, 0.3) is 21.5 Å². The van der Waals surface area contributed by atoms with Crippen LogP contribution in [0.5, 0.6) is 0 Å². The van der Waals surface area contributed by atoms with E-state index in [0.717, 1.165) is 39.1 Å². The van der Waals surface area contributed by atoms with Crippen LogP contribution in [0.3, 0.4) is 0 Å². The zero-order valence-electron chi connectivity index (χ0n) is 29.3. The minimum atomic E-state index is -1.78. The molecule has 4 aromatic carbocycles. The first kappa shape index (κ1) is 37.7. The molecule has 4 rings (SSSR count). The summed E-state index contributed by atoms with van der Waals surface area (Å²) in [5.41, 5.74) is 2.01. The largest absolute Gasteiger partial charge is 0.390 e. The number of benzene rings is 4. The third-order valence-corrected chi connectivity index (χ3v) is 10.2. The second-order valence-corrected chi connectivity index (χ2v) is 15.1. The highest BCUT2D eigenvalue weighted by molar-refractivity contribution is 7.85. The van der Waals surface area contributed by atoms with E-state index in [1.165, 1.54) is 6.26 Å². The molecule has 0 aliphatic rings. The van der Waals surface area contributed by atoms with E-state index in [1.807, 2.05) is 113 Å². The first-order valence-corrected chi connectivity index (χ1v) is 18.9. The van der Waals surface area contributed by atoms with Crippen molar-refractivity contribution in [1.82, 2.24) is 16.0 Å². The molecule has 3 amide bonds. The van der Waals surface area contributed by atoms with Gasteiger partial charge in [-0.1, -0.05) is 119 Å². The van der Waals surface area contributed by atoms with Crippen LogP contribution < -0.4 is 16.0 Å². The smallest absolute Gasteiger partial charge is 0.256 e. The molecule has 0 aromatic heterocycles. The second-order valence-electron chi connectivity index (χ2n) is 13.6. The number of carbonyl (C=O) groups excluding carboxylic acids is 3. The molecule has 5 atom stereocenters. The molecular weight excluding hydrogens is 635 g/mol. The lowest BCUT2D eigenvalue weighted by atomic mass is 9.88. The van der Waals surface area contributed by atoms with Crippen LogP contribution in [-0.2, 0) is 38.0 Å². The summed E-state index contributed by atoms with van der Waals surface area (Å²) in [6, 6.07) is 27.4. The average molecular weight is 686 g/mol. The number of rotatable bonds is 17. The van der Waals surface area contributed by atoms with Gasteiger partial charge in [0.1, 0.15) is 0 Å². The van der Waals surface area contributed by atoms with Crippen LogP contribution in [0.1, 0.15) is 58.1 Å². The van der Waals surface area contributed by atoms with Gasteiger partial charge in [-0.2, -0.15) is 0 Å². The Hall–Kier alpha value is -4.08. The van der Waals surface area contributed by atoms with Gasteiger partial charge in [0.05, 0.1) is 29.4 Å². The summed E-state index contributed by atoms with van der Waals surface area (Å²) < 4.78 is 13.0. The maximum atomic E-state index is 14.2. The molecule has 0 bridgehead atoms. The molecule has 262 valence electrons. The second kappa shape index (κ2) is 18.1. The number of hydrogen-bond donors (Lipinski definition) is 4. The van der Waals surface area contributed by atoms with Crippen LogP contribution in [0.2, 0.25) is 0 Å². The molecule has 0 radical (unpaired) electrons. The van der Waals surface area contributed by atoms with Crippen LogP contribution in [0.15, 0.2) is 84.9 Å². The molecule has 0 spiro atoms. The summed E-state index contributed by atoms with van der Waals surface area (Å²) in [4.78, 5) is 40.5. The van der Waals surface area contributed by atoms with E-state index in [1.54, 1.807) is 0 Å². The minimum absolute atomic E-state index is 0.0917. The van der Waals surface area contributed by atoms with Crippen molar-refractivity contribution >= 4 is 50.1 Å². The van der Waals surface area contributed by atoms with Gasteiger partial charge in [0.2, 0.25) is 11.8 Å². The van der Waals surface area contributed by atoms with Gasteiger partial charge in [-0.25, -0.2) is 0 Å². The molecule has 0 fully saturated rings. The fourth-order valence-electron chi connectivity index (χ4n) is 6.19. The van der Waals surface area contributed by atoms with E-state index >= 15 is 0 Å². The lowest BCUT2D eigenvalue weighted by molar-refractivity contribution is -0.130. The number of nitrogens with one attached hydrogen (secondary N) is 3. The van der Waals surface area contributed by atoms with Gasteiger partial charge < -0.3 is 21.1 Å². The topological polar surface area (TPSA) is 125 Å². The summed E-state index contributed by atoms with van der Waals surface area (Å²) >= 11 is 0. The SMILES string of the molecule is CC[C@H](C)CNC(=O)C[C@@H](O)[C@H](CC(C)C)NC(=O)C(NC(=O)C(Cc1cccc2ccccc12)Cc1cccc2ccccc12)S(C)=O. The molecular formula is C40H51N3O5S. The van der Waals surface area contributed by atoms with Gasteiger partial charge in [0.15, 0.2) is 5.37 Å². The van der Waals surface area contributed by atoms with Gasteiger partial charge in [-0.3, -0.25) is 18.6 Å². The number of aliphatic hydroxyl groups excluding tert-OH is 1. The van der Waals surface area contributed by atoms with Gasteiger partial charge in [-0.15, -0.1) is 0 Å². The number of amides is 3. The Kier molecular flexibility index (Phi) is 13.9. The highest BCUT2D eigenvalue weighted by atomic mass is 32.2. The Balaban J connectivity index is 1.57. The molecule has 4 N–H and O–H groups in total. The number of aliphatic hydroxyl groups is 1. The fraction of sp³-hybridized carbons (Fsp3) is 0.425. The monoisotopic (exact) mass is 685 g/mol. The number of carbonyl (C=O) groups is 3.